The van der Waals surface area contributed by atoms with Crippen LogP contribution in [0, 0.1) is 24.2 Å². The van der Waals surface area contributed by atoms with E-state index in [9.17, 15) is 14.4 Å². The van der Waals surface area contributed by atoms with Gasteiger partial charge in [-0.25, -0.2) is 9.37 Å². The zero-order chi connectivity index (χ0) is 20.1. The number of carbonyl (C=O) groups excluding carboxylic acids is 1. The van der Waals surface area contributed by atoms with E-state index in [1.807, 2.05) is 28.9 Å². The van der Waals surface area contributed by atoms with E-state index in [-0.39, 0.29) is 29.8 Å². The third-order valence-electron chi connectivity index (χ3n) is 6.43. The molecule has 0 spiro atoms. The first kappa shape index (κ1) is 17.9. The molecule has 2 aromatic rings. The van der Waals surface area contributed by atoms with Gasteiger partial charge in [-0.3, -0.25) is 4.79 Å². The number of rotatable bonds is 3. The topological polar surface area (TPSA) is 72.3 Å². The molecule has 2 fully saturated rings. The van der Waals surface area contributed by atoms with Crippen LogP contribution in [0.4, 0.5) is 15.9 Å². The SMILES string of the molecule is Cc1ccc(F)c(N2CCc3cc(C(=O)N[C@@H]4C[C@@H]5CC[C@H]4N5C#N)ccc32)n1. The van der Waals surface area contributed by atoms with Gasteiger partial charge in [-0.05, 0) is 68.5 Å². The summed E-state index contributed by atoms with van der Waals surface area (Å²) in [6.45, 7) is 2.48. The average Bonchev–Trinajstić information content (AvgIpc) is 3.41. The standard InChI is InChI=1S/C22H22FN5O/c1-13-2-5-17(23)21(25-13)27-9-8-14-10-15(3-6-19(14)27)22(29)26-18-11-16-4-7-20(18)28(16)12-24/h2-3,5-6,10,16,18,20H,4,7-9,11H2,1H3,(H,26,29)/t16-,18+,20+/m0/s1. The summed E-state index contributed by atoms with van der Waals surface area (Å²) in [7, 11) is 0. The van der Waals surface area contributed by atoms with Crippen LogP contribution in [0.5, 0.6) is 0 Å². The molecule has 29 heavy (non-hydrogen) atoms. The van der Waals surface area contributed by atoms with Crippen molar-refractivity contribution >= 4 is 17.4 Å². The number of carbonyl (C=O) groups is 1. The van der Waals surface area contributed by atoms with Gasteiger partial charge in [0, 0.05) is 29.5 Å². The Balaban J connectivity index is 1.35. The molecule has 6 nitrogen and oxygen atoms in total. The highest BCUT2D eigenvalue weighted by Gasteiger charge is 2.46. The minimum atomic E-state index is -0.344. The molecule has 1 aromatic heterocycles. The van der Waals surface area contributed by atoms with E-state index in [4.69, 9.17) is 0 Å². The minimum absolute atomic E-state index is 0.0243. The second-order valence-corrected chi connectivity index (χ2v) is 8.12. The van der Waals surface area contributed by atoms with Crippen molar-refractivity contribution < 1.29 is 9.18 Å². The Kier molecular flexibility index (Phi) is 4.16. The third kappa shape index (κ3) is 2.91. The molecule has 0 radical (unpaired) electrons. The van der Waals surface area contributed by atoms with Crippen LogP contribution in [-0.2, 0) is 6.42 Å². The molecule has 0 unspecified atom stereocenters. The van der Waals surface area contributed by atoms with Crippen LogP contribution in [0.25, 0.3) is 0 Å². The van der Waals surface area contributed by atoms with Gasteiger partial charge >= 0.3 is 0 Å². The summed E-state index contributed by atoms with van der Waals surface area (Å²) < 4.78 is 14.3. The first-order valence-corrected chi connectivity index (χ1v) is 10.1. The van der Waals surface area contributed by atoms with Gasteiger partial charge in [0.15, 0.2) is 17.8 Å². The van der Waals surface area contributed by atoms with Gasteiger partial charge in [-0.1, -0.05) is 0 Å². The number of amides is 1. The highest BCUT2D eigenvalue weighted by Crippen LogP contribution is 2.38. The number of benzene rings is 1. The van der Waals surface area contributed by atoms with Crippen LogP contribution < -0.4 is 10.2 Å². The van der Waals surface area contributed by atoms with Gasteiger partial charge in [0.25, 0.3) is 5.91 Å². The monoisotopic (exact) mass is 391 g/mol. The lowest BCUT2D eigenvalue weighted by atomic mass is 9.95. The van der Waals surface area contributed by atoms with E-state index in [1.54, 1.807) is 12.1 Å². The molecule has 7 heteroatoms. The highest BCUT2D eigenvalue weighted by molar-refractivity contribution is 5.95. The molecule has 3 aliphatic heterocycles. The minimum Gasteiger partial charge on any atom is -0.347 e. The molecule has 2 saturated heterocycles. The Hall–Kier alpha value is -3.14. The van der Waals surface area contributed by atoms with Crippen LogP contribution in [-0.4, -0.2) is 40.5 Å². The molecule has 0 saturated carbocycles. The Morgan fingerprint density at radius 1 is 1.31 bits per heavy atom. The number of anilines is 2. The fraction of sp³-hybridized carbons (Fsp3) is 0.409. The van der Waals surface area contributed by atoms with Crippen molar-refractivity contribution in [3.8, 4) is 6.19 Å². The molecule has 148 valence electrons. The summed E-state index contributed by atoms with van der Waals surface area (Å²) in [6.07, 6.45) is 5.83. The smallest absolute Gasteiger partial charge is 0.251 e. The number of nitrogens with one attached hydrogen (secondary N) is 1. The average molecular weight is 391 g/mol. The maximum absolute atomic E-state index is 14.3. The van der Waals surface area contributed by atoms with E-state index in [0.717, 1.165) is 42.6 Å². The third-order valence-corrected chi connectivity index (χ3v) is 6.43. The molecule has 3 atom stereocenters. The van der Waals surface area contributed by atoms with Crippen LogP contribution in [0.2, 0.25) is 0 Å². The zero-order valence-corrected chi connectivity index (χ0v) is 16.2. The number of nitrogens with zero attached hydrogens (tertiary/aromatic N) is 4. The molecule has 4 heterocycles. The van der Waals surface area contributed by atoms with Crippen molar-refractivity contribution in [3.63, 3.8) is 0 Å². The van der Waals surface area contributed by atoms with Gasteiger partial charge in [0.1, 0.15) is 0 Å². The van der Waals surface area contributed by atoms with Crippen molar-refractivity contribution in [2.75, 3.05) is 11.4 Å². The van der Waals surface area contributed by atoms with Crippen LogP contribution in [0.15, 0.2) is 30.3 Å². The van der Waals surface area contributed by atoms with Crippen LogP contribution in [0.3, 0.4) is 0 Å². The maximum atomic E-state index is 14.3. The quantitative estimate of drug-likeness (QED) is 0.815. The fourth-order valence-electron chi connectivity index (χ4n) is 5.03. The normalized spacial score (nSPS) is 24.5. The molecule has 1 N–H and O–H groups in total. The first-order valence-electron chi connectivity index (χ1n) is 10.1. The lowest BCUT2D eigenvalue weighted by Gasteiger charge is -2.22. The number of hydrogen-bond acceptors (Lipinski definition) is 5. The molecule has 1 aromatic carbocycles. The molecule has 3 aliphatic rings. The fourth-order valence-corrected chi connectivity index (χ4v) is 5.03. The predicted molar refractivity (Wildman–Crippen MR) is 106 cm³/mol. The van der Waals surface area contributed by atoms with Crippen molar-refractivity contribution in [2.45, 2.75) is 50.7 Å². The predicted octanol–water partition coefficient (Wildman–Crippen LogP) is 3.04. The van der Waals surface area contributed by atoms with Crippen molar-refractivity contribution in [1.29, 1.82) is 5.26 Å². The summed E-state index contributed by atoms with van der Waals surface area (Å²) in [4.78, 5) is 20.9. The molecular weight excluding hydrogens is 369 g/mol. The van der Waals surface area contributed by atoms with E-state index >= 15 is 0 Å². The number of pyridine rings is 1. The van der Waals surface area contributed by atoms with E-state index in [0.29, 0.717) is 17.9 Å². The van der Waals surface area contributed by atoms with E-state index in [2.05, 4.69) is 16.5 Å². The molecule has 5 rings (SSSR count). The van der Waals surface area contributed by atoms with Crippen LogP contribution in [0.1, 0.15) is 40.9 Å². The summed E-state index contributed by atoms with van der Waals surface area (Å²) in [5, 5.41) is 12.4. The Morgan fingerprint density at radius 3 is 2.97 bits per heavy atom. The maximum Gasteiger partial charge on any atom is 0.251 e. The summed E-state index contributed by atoms with van der Waals surface area (Å²) >= 11 is 0. The van der Waals surface area contributed by atoms with Crippen molar-refractivity contribution in [3.05, 3.63) is 53.0 Å². The number of aromatic nitrogens is 1. The lowest BCUT2D eigenvalue weighted by molar-refractivity contribution is 0.0928. The zero-order valence-electron chi connectivity index (χ0n) is 16.2. The Bertz CT molecular complexity index is 1030. The van der Waals surface area contributed by atoms with Gasteiger partial charge in [-0.15, -0.1) is 0 Å². The second-order valence-electron chi connectivity index (χ2n) is 8.12. The van der Waals surface area contributed by atoms with Gasteiger partial charge in [0.2, 0.25) is 0 Å². The van der Waals surface area contributed by atoms with Crippen molar-refractivity contribution in [2.24, 2.45) is 0 Å². The number of fused-ring (bicyclic) bond motifs is 3. The highest BCUT2D eigenvalue weighted by atomic mass is 19.1. The number of hydrogen-bond donors (Lipinski definition) is 1. The Morgan fingerprint density at radius 2 is 2.17 bits per heavy atom. The first-order chi connectivity index (χ1) is 14.0. The summed E-state index contributed by atoms with van der Waals surface area (Å²) in [5.74, 6) is -0.121. The van der Waals surface area contributed by atoms with Gasteiger partial charge < -0.3 is 15.1 Å². The summed E-state index contributed by atoms with van der Waals surface area (Å²) in [5.41, 5.74) is 3.29. The van der Waals surface area contributed by atoms with E-state index < -0.39 is 0 Å². The molecular formula is C22H22FN5O. The molecule has 0 aliphatic carbocycles. The largest absolute Gasteiger partial charge is 0.347 e. The van der Waals surface area contributed by atoms with Crippen molar-refractivity contribution in [1.82, 2.24) is 15.2 Å². The molecule has 2 bridgehead atoms. The molecule has 1 amide bonds. The number of aryl methyl sites for hydroxylation is 1. The van der Waals surface area contributed by atoms with Gasteiger partial charge in [0.05, 0.1) is 12.1 Å². The Labute approximate surface area is 168 Å². The van der Waals surface area contributed by atoms with E-state index in [1.165, 1.54) is 6.07 Å². The summed E-state index contributed by atoms with van der Waals surface area (Å²) in [6, 6.07) is 9.07. The number of nitriles is 1. The number of halogens is 1. The lowest BCUT2D eigenvalue weighted by Crippen LogP contribution is -2.43. The van der Waals surface area contributed by atoms with Gasteiger partial charge in [-0.2, -0.15) is 5.26 Å². The van der Waals surface area contributed by atoms with Crippen LogP contribution >= 0.6 is 0 Å². The second kappa shape index (κ2) is 6.73.